The van der Waals surface area contributed by atoms with Crippen LogP contribution in [0.4, 0.5) is 0 Å². The highest BCUT2D eigenvalue weighted by Gasteiger charge is 2.35. The van der Waals surface area contributed by atoms with Crippen molar-refractivity contribution < 1.29 is 4.74 Å². The van der Waals surface area contributed by atoms with Crippen molar-refractivity contribution in [2.24, 2.45) is 0 Å². The van der Waals surface area contributed by atoms with Crippen LogP contribution in [0.2, 0.25) is 0 Å². The van der Waals surface area contributed by atoms with Gasteiger partial charge in [0.05, 0.1) is 0 Å². The largest absolute Gasteiger partial charge is 0.359 e. The molecule has 1 unspecified atom stereocenters. The van der Waals surface area contributed by atoms with E-state index < -0.39 is 4.93 Å². The molecule has 4 rings (SSSR count). The number of allylic oxidation sites excluding steroid dienone is 2. The average Bonchev–Trinajstić information content (AvgIpc) is 2.75. The quantitative estimate of drug-likeness (QED) is 0.538. The van der Waals surface area contributed by atoms with Crippen LogP contribution in [-0.2, 0) is 9.67 Å². The van der Waals surface area contributed by atoms with Gasteiger partial charge >= 0.3 is 0 Å². The SMILES string of the molecule is COC1(c2ccccc2)C=C(c2ccccc2)C=C(c2ccccc2)S1. The van der Waals surface area contributed by atoms with E-state index in [-0.39, 0.29) is 0 Å². The van der Waals surface area contributed by atoms with E-state index in [9.17, 15) is 0 Å². The molecule has 0 saturated carbocycles. The normalized spacial score (nSPS) is 19.6. The molecule has 0 bridgehead atoms. The monoisotopic (exact) mass is 356 g/mol. The summed E-state index contributed by atoms with van der Waals surface area (Å²) in [6.07, 6.45) is 4.49. The van der Waals surface area contributed by atoms with Crippen molar-refractivity contribution >= 4 is 22.2 Å². The smallest absolute Gasteiger partial charge is 0.162 e. The van der Waals surface area contributed by atoms with Gasteiger partial charge in [-0.15, -0.1) is 0 Å². The first kappa shape index (κ1) is 16.9. The Bertz CT molecular complexity index is 930. The summed E-state index contributed by atoms with van der Waals surface area (Å²) in [4.78, 5) is 0.657. The molecule has 128 valence electrons. The third kappa shape index (κ3) is 3.26. The number of thioether (sulfide) groups is 1. The van der Waals surface area contributed by atoms with Gasteiger partial charge in [-0.05, 0) is 34.4 Å². The summed E-state index contributed by atoms with van der Waals surface area (Å²) < 4.78 is 6.11. The molecule has 0 aromatic heterocycles. The number of hydrogen-bond donors (Lipinski definition) is 0. The molecule has 0 spiro atoms. The molecule has 0 saturated heterocycles. The van der Waals surface area contributed by atoms with Crippen LogP contribution in [0.1, 0.15) is 16.7 Å². The molecular formula is C24H20OS. The zero-order valence-corrected chi connectivity index (χ0v) is 15.4. The Morgan fingerprint density at radius 1 is 0.692 bits per heavy atom. The van der Waals surface area contributed by atoms with Crippen LogP contribution < -0.4 is 0 Å². The standard InChI is InChI=1S/C24H20OS/c1-25-24(22-15-9-4-10-16-22)18-21(19-11-5-2-6-12-19)17-23(26-24)20-13-7-3-8-14-20/h2-18H,1H3. The van der Waals surface area contributed by atoms with E-state index in [2.05, 4.69) is 84.9 Å². The second-order valence-electron chi connectivity index (χ2n) is 6.18. The lowest BCUT2D eigenvalue weighted by atomic mass is 9.98. The van der Waals surface area contributed by atoms with Crippen LogP contribution in [0.25, 0.3) is 10.5 Å². The van der Waals surface area contributed by atoms with Crippen molar-refractivity contribution in [3.8, 4) is 0 Å². The number of hydrogen-bond acceptors (Lipinski definition) is 2. The molecule has 0 radical (unpaired) electrons. The lowest BCUT2D eigenvalue weighted by Gasteiger charge is -2.34. The highest BCUT2D eigenvalue weighted by atomic mass is 32.2. The van der Waals surface area contributed by atoms with Crippen LogP contribution >= 0.6 is 11.8 Å². The third-order valence-corrected chi connectivity index (χ3v) is 5.94. The van der Waals surface area contributed by atoms with Gasteiger partial charge < -0.3 is 4.74 Å². The summed E-state index contributed by atoms with van der Waals surface area (Å²) in [5.41, 5.74) is 4.71. The molecule has 1 heterocycles. The van der Waals surface area contributed by atoms with Gasteiger partial charge in [-0.3, -0.25) is 0 Å². The average molecular weight is 356 g/mol. The van der Waals surface area contributed by atoms with Gasteiger partial charge in [-0.25, -0.2) is 0 Å². The first-order valence-electron chi connectivity index (χ1n) is 8.66. The molecule has 0 aliphatic carbocycles. The summed E-state index contributed by atoms with van der Waals surface area (Å²) in [5, 5.41) is 0. The van der Waals surface area contributed by atoms with Crippen LogP contribution in [0.5, 0.6) is 0 Å². The van der Waals surface area contributed by atoms with Gasteiger partial charge in [0.15, 0.2) is 4.93 Å². The van der Waals surface area contributed by atoms with Crippen LogP contribution in [0.3, 0.4) is 0 Å². The van der Waals surface area contributed by atoms with Crippen LogP contribution in [0, 0.1) is 0 Å². The van der Waals surface area contributed by atoms with Crippen molar-refractivity contribution in [2.45, 2.75) is 4.93 Å². The maximum atomic E-state index is 6.11. The van der Waals surface area contributed by atoms with Crippen LogP contribution in [0.15, 0.2) is 103 Å². The zero-order valence-electron chi connectivity index (χ0n) is 14.6. The molecule has 3 aromatic carbocycles. The minimum atomic E-state index is -0.549. The van der Waals surface area contributed by atoms with Crippen LogP contribution in [-0.4, -0.2) is 7.11 Å². The first-order valence-corrected chi connectivity index (χ1v) is 9.47. The van der Waals surface area contributed by atoms with E-state index in [0.717, 1.165) is 5.56 Å². The molecule has 1 aliphatic rings. The molecule has 2 heteroatoms. The molecule has 0 N–H and O–H groups in total. The lowest BCUT2D eigenvalue weighted by molar-refractivity contribution is 0.112. The van der Waals surface area contributed by atoms with Crippen molar-refractivity contribution in [1.82, 2.24) is 0 Å². The Balaban J connectivity index is 1.88. The van der Waals surface area contributed by atoms with E-state index in [4.69, 9.17) is 4.74 Å². The molecule has 3 aromatic rings. The maximum absolute atomic E-state index is 6.11. The maximum Gasteiger partial charge on any atom is 0.162 e. The molecule has 0 fully saturated rings. The van der Waals surface area contributed by atoms with E-state index >= 15 is 0 Å². The van der Waals surface area contributed by atoms with Crippen molar-refractivity contribution in [3.05, 3.63) is 120 Å². The highest BCUT2D eigenvalue weighted by Crippen LogP contribution is 2.51. The van der Waals surface area contributed by atoms with E-state index in [1.807, 2.05) is 18.2 Å². The highest BCUT2D eigenvalue weighted by molar-refractivity contribution is 8.09. The second-order valence-corrected chi connectivity index (χ2v) is 7.43. The predicted octanol–water partition coefficient (Wildman–Crippen LogP) is 6.36. The summed E-state index contributed by atoms with van der Waals surface area (Å²) in [7, 11) is 1.78. The van der Waals surface area contributed by atoms with Crippen molar-refractivity contribution in [2.75, 3.05) is 7.11 Å². The predicted molar refractivity (Wildman–Crippen MR) is 112 cm³/mol. The summed E-state index contributed by atoms with van der Waals surface area (Å²) >= 11 is 1.75. The lowest BCUT2D eigenvalue weighted by Crippen LogP contribution is -2.24. The fraction of sp³-hybridized carbons (Fsp3) is 0.0833. The molecule has 26 heavy (non-hydrogen) atoms. The number of rotatable bonds is 4. The number of methoxy groups -OCH3 is 1. The summed E-state index contributed by atoms with van der Waals surface area (Å²) in [5.74, 6) is 0. The topological polar surface area (TPSA) is 9.23 Å². The molecular weight excluding hydrogens is 336 g/mol. The van der Waals surface area contributed by atoms with E-state index in [0.29, 0.717) is 0 Å². The second kappa shape index (κ2) is 7.36. The molecule has 0 amide bonds. The van der Waals surface area contributed by atoms with Crippen molar-refractivity contribution in [3.63, 3.8) is 0 Å². The number of ether oxygens (including phenoxy) is 1. The van der Waals surface area contributed by atoms with E-state index in [1.165, 1.54) is 21.6 Å². The minimum absolute atomic E-state index is 0.549. The van der Waals surface area contributed by atoms with Gasteiger partial charge in [0.1, 0.15) is 0 Å². The summed E-state index contributed by atoms with van der Waals surface area (Å²) in [6, 6.07) is 31.4. The molecule has 1 atom stereocenters. The van der Waals surface area contributed by atoms with Crippen molar-refractivity contribution in [1.29, 1.82) is 0 Å². The van der Waals surface area contributed by atoms with E-state index in [1.54, 1.807) is 18.9 Å². The number of benzene rings is 3. The molecule has 1 aliphatic heterocycles. The Kier molecular flexibility index (Phi) is 4.79. The van der Waals surface area contributed by atoms with Gasteiger partial charge in [-0.2, -0.15) is 0 Å². The fourth-order valence-electron chi connectivity index (χ4n) is 3.18. The Morgan fingerprint density at radius 2 is 1.23 bits per heavy atom. The Labute approximate surface area is 159 Å². The fourth-order valence-corrected chi connectivity index (χ4v) is 4.47. The minimum Gasteiger partial charge on any atom is -0.359 e. The van der Waals surface area contributed by atoms with Gasteiger partial charge in [0, 0.05) is 12.0 Å². The van der Waals surface area contributed by atoms with Gasteiger partial charge in [0.2, 0.25) is 0 Å². The Morgan fingerprint density at radius 3 is 1.81 bits per heavy atom. The Hall–Kier alpha value is -2.55. The van der Waals surface area contributed by atoms with Gasteiger partial charge in [-0.1, -0.05) is 103 Å². The third-order valence-electron chi connectivity index (χ3n) is 4.54. The summed E-state index contributed by atoms with van der Waals surface area (Å²) in [6.45, 7) is 0. The molecule has 1 nitrogen and oxygen atoms in total. The first-order chi connectivity index (χ1) is 12.8. The van der Waals surface area contributed by atoms with Gasteiger partial charge in [0.25, 0.3) is 0 Å². The zero-order chi connectivity index (χ0) is 17.8.